The van der Waals surface area contributed by atoms with Crippen LogP contribution in [0.15, 0.2) is 17.5 Å². The molecule has 1 aromatic heterocycles. The molecule has 1 saturated carbocycles. The summed E-state index contributed by atoms with van der Waals surface area (Å²) in [5, 5.41) is 11.5. The summed E-state index contributed by atoms with van der Waals surface area (Å²) in [6.45, 7) is 1.89. The molecule has 1 amide bonds. The average Bonchev–Trinajstić information content (AvgIpc) is 3.12. The average molecular weight is 307 g/mol. The number of hydrogen-bond acceptors (Lipinski definition) is 3. The van der Waals surface area contributed by atoms with Crippen LogP contribution in [0.2, 0.25) is 0 Å². The molecule has 0 spiro atoms. The molecule has 0 aromatic carbocycles. The number of carbonyl (C=O) groups excluding carboxylic acids is 1. The van der Waals surface area contributed by atoms with Crippen LogP contribution in [0.5, 0.6) is 0 Å². The van der Waals surface area contributed by atoms with Crippen LogP contribution in [0.25, 0.3) is 0 Å². The van der Waals surface area contributed by atoms with Gasteiger partial charge in [0.05, 0.1) is 5.92 Å². The van der Waals surface area contributed by atoms with Gasteiger partial charge in [0.2, 0.25) is 5.91 Å². The molecule has 0 bridgehead atoms. The largest absolute Gasteiger partial charge is 0.480 e. The molecule has 4 atom stereocenters. The van der Waals surface area contributed by atoms with Crippen molar-refractivity contribution >= 4 is 23.2 Å². The van der Waals surface area contributed by atoms with Crippen molar-refractivity contribution in [2.24, 2.45) is 5.92 Å². The van der Waals surface area contributed by atoms with Crippen LogP contribution in [-0.2, 0) is 9.59 Å². The monoisotopic (exact) mass is 307 g/mol. The van der Waals surface area contributed by atoms with Crippen LogP contribution >= 0.6 is 11.3 Å². The van der Waals surface area contributed by atoms with Gasteiger partial charge in [0.25, 0.3) is 0 Å². The molecule has 2 heterocycles. The summed E-state index contributed by atoms with van der Waals surface area (Å²) in [6, 6.07) is 3.39. The van der Waals surface area contributed by atoms with Crippen LogP contribution in [-0.4, -0.2) is 34.0 Å². The third-order valence-electron chi connectivity index (χ3n) is 4.97. The van der Waals surface area contributed by atoms with Crippen LogP contribution in [0.1, 0.15) is 49.8 Å². The number of likely N-dealkylation sites (tertiary alicyclic amines) is 1. The summed E-state index contributed by atoms with van der Waals surface area (Å²) < 4.78 is 0. The summed E-state index contributed by atoms with van der Waals surface area (Å²) >= 11 is 1.56. The first kappa shape index (κ1) is 14.6. The lowest BCUT2D eigenvalue weighted by Gasteiger charge is -2.34. The van der Waals surface area contributed by atoms with E-state index in [0.29, 0.717) is 12.3 Å². The Labute approximate surface area is 128 Å². The topological polar surface area (TPSA) is 57.6 Å². The first-order chi connectivity index (χ1) is 10.1. The SMILES string of the molecule is CC(C(=O)N1C(C(=O)O)CC2CCCCC21)c1cccs1. The summed E-state index contributed by atoms with van der Waals surface area (Å²) in [5.74, 6) is -0.734. The quantitative estimate of drug-likeness (QED) is 0.933. The molecule has 21 heavy (non-hydrogen) atoms. The van der Waals surface area contributed by atoms with Gasteiger partial charge < -0.3 is 10.0 Å². The Morgan fingerprint density at radius 3 is 2.81 bits per heavy atom. The second-order valence-corrected chi connectivity index (χ2v) is 7.16. The molecule has 1 aliphatic carbocycles. The molecule has 5 heteroatoms. The number of nitrogens with zero attached hydrogens (tertiary/aromatic N) is 1. The van der Waals surface area contributed by atoms with Gasteiger partial charge in [-0.15, -0.1) is 11.3 Å². The van der Waals surface area contributed by atoms with Crippen LogP contribution in [0.3, 0.4) is 0 Å². The van der Waals surface area contributed by atoms with E-state index in [9.17, 15) is 14.7 Å². The Morgan fingerprint density at radius 1 is 1.38 bits per heavy atom. The minimum atomic E-state index is -0.851. The number of hydrogen-bond donors (Lipinski definition) is 1. The molecular formula is C16H21NO3S. The number of fused-ring (bicyclic) bond motifs is 1. The van der Waals surface area contributed by atoms with Gasteiger partial charge in [-0.25, -0.2) is 4.79 Å². The van der Waals surface area contributed by atoms with Crippen molar-refractivity contribution in [3.8, 4) is 0 Å². The molecule has 2 fully saturated rings. The van der Waals surface area contributed by atoms with Gasteiger partial charge in [-0.1, -0.05) is 18.9 Å². The lowest BCUT2D eigenvalue weighted by Crippen LogP contribution is -2.47. The minimum absolute atomic E-state index is 0.0146. The molecule has 2 aliphatic rings. The van der Waals surface area contributed by atoms with E-state index in [1.807, 2.05) is 24.4 Å². The zero-order valence-electron chi connectivity index (χ0n) is 12.2. The van der Waals surface area contributed by atoms with E-state index in [1.54, 1.807) is 16.2 Å². The first-order valence-electron chi connectivity index (χ1n) is 7.68. The predicted molar refractivity (Wildman–Crippen MR) is 81.4 cm³/mol. The normalized spacial score (nSPS) is 30.0. The van der Waals surface area contributed by atoms with Gasteiger partial charge in [0.15, 0.2) is 0 Å². The lowest BCUT2D eigenvalue weighted by molar-refractivity contribution is -0.150. The molecule has 4 unspecified atom stereocenters. The van der Waals surface area contributed by atoms with Gasteiger partial charge in [0.1, 0.15) is 6.04 Å². The van der Waals surface area contributed by atoms with Gasteiger partial charge in [-0.05, 0) is 43.6 Å². The van der Waals surface area contributed by atoms with Crippen molar-refractivity contribution in [3.63, 3.8) is 0 Å². The van der Waals surface area contributed by atoms with Crippen LogP contribution < -0.4 is 0 Å². The second kappa shape index (κ2) is 5.79. The summed E-state index contributed by atoms with van der Waals surface area (Å²) in [7, 11) is 0. The van der Waals surface area contributed by atoms with Gasteiger partial charge in [-0.3, -0.25) is 4.79 Å². The van der Waals surface area contributed by atoms with Crippen molar-refractivity contribution in [2.45, 2.75) is 57.0 Å². The van der Waals surface area contributed by atoms with Crippen LogP contribution in [0.4, 0.5) is 0 Å². The number of rotatable bonds is 3. The Bertz CT molecular complexity index is 528. The summed E-state index contributed by atoms with van der Waals surface area (Å²) in [5.41, 5.74) is 0. The van der Waals surface area contributed by atoms with Crippen molar-refractivity contribution in [1.82, 2.24) is 4.90 Å². The van der Waals surface area contributed by atoms with Crippen molar-refractivity contribution in [2.75, 3.05) is 0 Å². The molecule has 0 radical (unpaired) electrons. The van der Waals surface area contributed by atoms with Crippen molar-refractivity contribution in [3.05, 3.63) is 22.4 Å². The maximum absolute atomic E-state index is 12.9. The highest BCUT2D eigenvalue weighted by molar-refractivity contribution is 7.10. The minimum Gasteiger partial charge on any atom is -0.480 e. The second-order valence-electron chi connectivity index (χ2n) is 6.18. The maximum Gasteiger partial charge on any atom is 0.326 e. The number of aliphatic carboxylic acids is 1. The Balaban J connectivity index is 1.86. The highest BCUT2D eigenvalue weighted by atomic mass is 32.1. The first-order valence-corrected chi connectivity index (χ1v) is 8.56. The molecular weight excluding hydrogens is 286 g/mol. The van der Waals surface area contributed by atoms with E-state index >= 15 is 0 Å². The molecule has 1 aromatic rings. The fraction of sp³-hybridized carbons (Fsp3) is 0.625. The Morgan fingerprint density at radius 2 is 2.14 bits per heavy atom. The summed E-state index contributed by atoms with van der Waals surface area (Å²) in [4.78, 5) is 27.2. The Kier molecular flexibility index (Phi) is 4.02. The number of carboxylic acid groups (broad SMARTS) is 1. The number of carbonyl (C=O) groups is 2. The fourth-order valence-corrected chi connectivity index (χ4v) is 4.66. The standard InChI is InChI=1S/C16H21NO3S/c1-10(14-7-4-8-21-14)15(18)17-12-6-3-2-5-11(12)9-13(17)16(19)20/h4,7-8,10-13H,2-3,5-6,9H2,1H3,(H,19,20). The summed E-state index contributed by atoms with van der Waals surface area (Å²) in [6.07, 6.45) is 4.91. The van der Waals surface area contributed by atoms with E-state index < -0.39 is 12.0 Å². The van der Waals surface area contributed by atoms with Crippen molar-refractivity contribution in [1.29, 1.82) is 0 Å². The van der Waals surface area contributed by atoms with Crippen LogP contribution in [0, 0.1) is 5.92 Å². The zero-order valence-corrected chi connectivity index (χ0v) is 13.0. The molecule has 4 nitrogen and oxygen atoms in total. The highest BCUT2D eigenvalue weighted by Crippen LogP contribution is 2.41. The Hall–Kier alpha value is -1.36. The third kappa shape index (κ3) is 2.59. The molecule has 3 rings (SSSR count). The molecule has 1 N–H and O–H groups in total. The van der Waals surface area contributed by atoms with Gasteiger partial charge in [-0.2, -0.15) is 0 Å². The van der Waals surface area contributed by atoms with E-state index in [0.717, 1.165) is 30.6 Å². The molecule has 1 saturated heterocycles. The smallest absolute Gasteiger partial charge is 0.326 e. The zero-order chi connectivity index (χ0) is 15.0. The van der Waals surface area contributed by atoms with Crippen molar-refractivity contribution < 1.29 is 14.7 Å². The van der Waals surface area contributed by atoms with Gasteiger partial charge >= 0.3 is 5.97 Å². The molecule has 1 aliphatic heterocycles. The predicted octanol–water partition coefficient (Wildman–Crippen LogP) is 3.10. The van der Waals surface area contributed by atoms with E-state index in [1.165, 1.54) is 0 Å². The lowest BCUT2D eigenvalue weighted by atomic mass is 9.84. The maximum atomic E-state index is 12.9. The van der Waals surface area contributed by atoms with E-state index in [-0.39, 0.29) is 17.9 Å². The molecule has 114 valence electrons. The van der Waals surface area contributed by atoms with Gasteiger partial charge in [0, 0.05) is 10.9 Å². The third-order valence-corrected chi connectivity index (χ3v) is 6.02. The number of amides is 1. The van der Waals surface area contributed by atoms with E-state index in [2.05, 4.69) is 0 Å². The highest BCUT2D eigenvalue weighted by Gasteiger charge is 2.48. The van der Waals surface area contributed by atoms with E-state index in [4.69, 9.17) is 0 Å². The fourth-order valence-electron chi connectivity index (χ4n) is 3.88. The number of thiophene rings is 1. The number of carboxylic acids is 1.